The molecule has 0 atom stereocenters. The summed E-state index contributed by atoms with van der Waals surface area (Å²) in [6, 6.07) is 20.8. The Morgan fingerprint density at radius 1 is 0.833 bits per heavy atom. The number of aromatic amines is 1. The number of carbonyl (C=O) groups excluding carboxylic acids is 3. The van der Waals surface area contributed by atoms with Crippen molar-refractivity contribution in [1.82, 2.24) is 19.9 Å². The number of nitrogens with two attached hydrogens (primary N) is 2. The number of H-pyrrole nitrogens is 1. The second kappa shape index (κ2) is 23.2. The number of nitrogen functional groups attached to an aromatic ring is 1. The number of phosphoric ester groups is 1. The van der Waals surface area contributed by atoms with Crippen LogP contribution >= 0.6 is 7.82 Å². The normalized spacial score (nSPS) is 11.0. The molecule has 3 aromatic carbocycles. The predicted octanol–water partition coefficient (Wildman–Crippen LogP) is 5.66. The van der Waals surface area contributed by atoms with E-state index in [1.54, 1.807) is 74.5 Å². The quantitative estimate of drug-likeness (QED) is 0.0346. The Morgan fingerprint density at radius 2 is 1.52 bits per heavy atom. The molecule has 20 heteroatoms. The lowest BCUT2D eigenvalue weighted by Gasteiger charge is -2.16. The summed E-state index contributed by atoms with van der Waals surface area (Å²) in [5.41, 5.74) is 14.6. The Kier molecular flexibility index (Phi) is 17.8. The summed E-state index contributed by atoms with van der Waals surface area (Å²) >= 11 is 0. The van der Waals surface area contributed by atoms with Gasteiger partial charge in [0.15, 0.2) is 11.2 Å². The minimum Gasteiger partial charge on any atom is -0.481 e. The number of anilines is 4. The molecule has 0 aliphatic rings. The molecule has 0 aliphatic carbocycles. The molecule has 0 saturated carbocycles. The zero-order chi connectivity index (χ0) is 43.5. The molecule has 0 unspecified atom stereocenters. The van der Waals surface area contributed by atoms with Crippen LogP contribution in [0.25, 0.3) is 11.2 Å². The van der Waals surface area contributed by atoms with Crippen molar-refractivity contribution in [3.05, 3.63) is 112 Å². The van der Waals surface area contributed by atoms with Crippen molar-refractivity contribution in [2.24, 2.45) is 5.73 Å². The monoisotopic (exact) mass is 845 g/mol. The third kappa shape index (κ3) is 15.0. The molecule has 0 radical (unpaired) electrons. The van der Waals surface area contributed by atoms with Crippen molar-refractivity contribution < 1.29 is 42.4 Å². The van der Waals surface area contributed by atoms with Crippen LogP contribution in [0.2, 0.25) is 0 Å². The number of fused-ring (bicyclic) bond motifs is 1. The molecule has 60 heavy (non-hydrogen) atoms. The van der Waals surface area contributed by atoms with E-state index < -0.39 is 25.3 Å². The number of rotatable bonds is 21. The molecule has 0 bridgehead atoms. The summed E-state index contributed by atoms with van der Waals surface area (Å²) in [5, 5.41) is 17.3. The largest absolute Gasteiger partial charge is 0.481 e. The Bertz CT molecular complexity index is 2330. The van der Waals surface area contributed by atoms with Gasteiger partial charge in [0, 0.05) is 29.8 Å². The number of nitrogens with zero attached hydrogens (tertiary/aromatic N) is 3. The van der Waals surface area contributed by atoms with Gasteiger partial charge in [-0.1, -0.05) is 24.3 Å². The molecule has 0 aliphatic heterocycles. The van der Waals surface area contributed by atoms with Gasteiger partial charge in [-0.25, -0.2) is 14.5 Å². The van der Waals surface area contributed by atoms with Gasteiger partial charge in [0.25, 0.3) is 11.5 Å². The molecular formula is C40H48N9O10P. The van der Waals surface area contributed by atoms with E-state index in [9.17, 15) is 28.5 Å². The number of unbranched alkanes of at least 4 members (excludes halogenated alkanes) is 1. The number of hydrogen-bond acceptors (Lipinski definition) is 14. The molecule has 318 valence electrons. The second-order valence-electron chi connectivity index (χ2n) is 12.8. The zero-order valence-corrected chi connectivity index (χ0v) is 34.0. The molecule has 9 N–H and O–H groups in total. The van der Waals surface area contributed by atoms with Gasteiger partial charge in [-0.2, -0.15) is 4.98 Å². The van der Waals surface area contributed by atoms with E-state index in [0.29, 0.717) is 41.2 Å². The molecule has 5 rings (SSSR count). The third-order valence-corrected chi connectivity index (χ3v) is 9.91. The number of carbonyl (C=O) groups is 4. The maximum atomic E-state index is 12.8. The number of primary amides is 1. The second-order valence-corrected chi connectivity index (χ2v) is 14.5. The van der Waals surface area contributed by atoms with Crippen molar-refractivity contribution in [1.29, 1.82) is 0 Å². The average molecular weight is 846 g/mol. The van der Waals surface area contributed by atoms with Crippen LogP contribution in [0.1, 0.15) is 77.9 Å². The minimum atomic E-state index is -3.48. The first-order valence-electron chi connectivity index (χ1n) is 19.0. The van der Waals surface area contributed by atoms with Crippen LogP contribution in [0, 0.1) is 0 Å². The van der Waals surface area contributed by atoms with Crippen molar-refractivity contribution >= 4 is 65.7 Å². The van der Waals surface area contributed by atoms with Crippen molar-refractivity contribution in [2.45, 2.75) is 58.9 Å². The van der Waals surface area contributed by atoms with Gasteiger partial charge in [-0.15, -0.1) is 0 Å². The van der Waals surface area contributed by atoms with Gasteiger partial charge in [0.05, 0.1) is 49.5 Å². The number of carboxylic acids is 1. The average Bonchev–Trinajstić information content (AvgIpc) is 3.21. The summed E-state index contributed by atoms with van der Waals surface area (Å²) in [6.45, 7) is 4.56. The number of amides is 3. The summed E-state index contributed by atoms with van der Waals surface area (Å²) < 4.78 is 27.8. The molecule has 19 nitrogen and oxygen atoms in total. The molecule has 0 fully saturated rings. The SMILES string of the molecule is CCOP(=O)(OCC)OCCCCc1ccc(NC(=O)c2ccccc2NC(=O)CCCC(=O)O)cc1.NC(=O)c1ccc(NCc2cnc3nc(N)[nH]c(=O)c3n2)cc1. The highest BCUT2D eigenvalue weighted by atomic mass is 31.2. The van der Waals surface area contributed by atoms with Crippen LogP contribution in [0.3, 0.4) is 0 Å². The summed E-state index contributed by atoms with van der Waals surface area (Å²) in [4.78, 5) is 72.9. The van der Waals surface area contributed by atoms with Gasteiger partial charge in [0.2, 0.25) is 17.8 Å². The number of para-hydroxylation sites is 1. The van der Waals surface area contributed by atoms with E-state index >= 15 is 0 Å². The van der Waals surface area contributed by atoms with E-state index in [-0.39, 0.29) is 68.0 Å². The molecule has 0 spiro atoms. The smallest absolute Gasteiger partial charge is 0.474 e. The zero-order valence-electron chi connectivity index (χ0n) is 33.1. The van der Waals surface area contributed by atoms with Crippen molar-refractivity contribution in [3.8, 4) is 0 Å². The van der Waals surface area contributed by atoms with Gasteiger partial charge in [-0.05, 0) is 93.6 Å². The Labute approximate surface area is 345 Å². The summed E-state index contributed by atoms with van der Waals surface area (Å²) in [7, 11) is -3.48. The van der Waals surface area contributed by atoms with Crippen LogP contribution < -0.4 is 33.0 Å². The number of aryl methyl sites for hydroxylation is 1. The first kappa shape index (κ1) is 46.2. The van der Waals surface area contributed by atoms with Crippen LogP contribution in [-0.4, -0.2) is 68.6 Å². The fourth-order valence-electron chi connectivity index (χ4n) is 5.39. The van der Waals surface area contributed by atoms with E-state index in [1.807, 2.05) is 12.1 Å². The highest BCUT2D eigenvalue weighted by molar-refractivity contribution is 7.48. The summed E-state index contributed by atoms with van der Waals surface area (Å²) in [5.74, 6) is -2.17. The Morgan fingerprint density at radius 3 is 2.18 bits per heavy atom. The lowest BCUT2D eigenvalue weighted by atomic mass is 10.1. The minimum absolute atomic E-state index is 0.00258. The number of carboxylic acid groups (broad SMARTS) is 1. The van der Waals surface area contributed by atoms with Crippen LogP contribution in [0.15, 0.2) is 83.8 Å². The van der Waals surface area contributed by atoms with Crippen LogP contribution in [0.4, 0.5) is 23.0 Å². The number of aliphatic carboxylic acids is 1. The number of nitrogens with one attached hydrogen (secondary N) is 4. The lowest BCUT2D eigenvalue weighted by Crippen LogP contribution is -2.18. The highest BCUT2D eigenvalue weighted by Gasteiger charge is 2.24. The number of aromatic nitrogens is 4. The van der Waals surface area contributed by atoms with E-state index in [4.69, 9.17) is 30.1 Å². The molecule has 0 saturated heterocycles. The maximum Gasteiger partial charge on any atom is 0.474 e. The van der Waals surface area contributed by atoms with Crippen LogP contribution in [0.5, 0.6) is 0 Å². The molecule has 2 heterocycles. The Balaban J connectivity index is 0.000000293. The highest BCUT2D eigenvalue weighted by Crippen LogP contribution is 2.49. The standard InChI is InChI=1S/C26H35N2O8P.C14H13N7O2/c1-3-34-37(33,35-4-2)36-19-8-7-10-20-15-17-21(18-16-20)27-26(32)22-11-5-6-12-23(22)28-24(29)13-9-14-25(30)31;15-11(22)7-1-3-8(4-2-7)17-5-9-6-18-12-10(19-9)13(23)21-14(16)20-12/h5-6,11-12,15-18H,3-4,7-10,13-14,19H2,1-2H3,(H,27,32)(H,28,29)(H,30,31);1-4,6,17H,5H2,(H2,15,22)(H3,16,18,20,21,23). The van der Waals surface area contributed by atoms with Gasteiger partial charge in [-0.3, -0.25) is 42.5 Å². The van der Waals surface area contributed by atoms with E-state index in [2.05, 4.69) is 35.9 Å². The fourth-order valence-corrected chi connectivity index (χ4v) is 6.60. The molecular weight excluding hydrogens is 797 g/mol. The molecule has 2 aromatic heterocycles. The molecule has 5 aromatic rings. The first-order valence-corrected chi connectivity index (χ1v) is 20.4. The molecule has 3 amide bonds. The first-order chi connectivity index (χ1) is 28.8. The van der Waals surface area contributed by atoms with Crippen molar-refractivity contribution in [2.75, 3.05) is 41.5 Å². The number of benzene rings is 3. The number of phosphoric acid groups is 1. The lowest BCUT2D eigenvalue weighted by molar-refractivity contribution is -0.137. The van der Waals surface area contributed by atoms with Crippen LogP contribution in [-0.2, 0) is 40.7 Å². The van der Waals surface area contributed by atoms with Gasteiger partial charge in [0.1, 0.15) is 0 Å². The van der Waals surface area contributed by atoms with Gasteiger partial charge >= 0.3 is 13.8 Å². The predicted molar refractivity (Wildman–Crippen MR) is 225 cm³/mol. The fraction of sp³-hybridized carbons (Fsp3) is 0.300. The number of hydrogen-bond donors (Lipinski definition) is 7. The van der Waals surface area contributed by atoms with Gasteiger partial charge < -0.3 is 32.5 Å². The Hall–Kier alpha value is -6.53. The van der Waals surface area contributed by atoms with E-state index in [0.717, 1.165) is 24.1 Å². The van der Waals surface area contributed by atoms with Crippen molar-refractivity contribution in [3.63, 3.8) is 0 Å². The van der Waals surface area contributed by atoms with E-state index in [1.165, 1.54) is 6.20 Å². The topological polar surface area (TPSA) is 293 Å². The third-order valence-electron chi connectivity index (χ3n) is 8.26. The maximum absolute atomic E-state index is 12.8. The summed E-state index contributed by atoms with van der Waals surface area (Å²) in [6.07, 6.45) is 3.96.